The summed E-state index contributed by atoms with van der Waals surface area (Å²) in [4.78, 5) is 14.8. The molecule has 2 unspecified atom stereocenters. The molecule has 0 aromatic heterocycles. The molecule has 2 aliphatic rings. The van der Waals surface area contributed by atoms with Crippen LogP contribution in [0, 0.1) is 0 Å². The average molecular weight is 287 g/mol. The van der Waals surface area contributed by atoms with Gasteiger partial charge in [0.2, 0.25) is 0 Å². The number of carbonyl (C=O) groups is 1. The number of aliphatic hydroxyl groups excluding tert-OH is 1. The van der Waals surface area contributed by atoms with E-state index in [0.29, 0.717) is 0 Å². The first-order chi connectivity index (χ1) is 9.86. The topological polar surface area (TPSA) is 40.5 Å². The molecule has 2 atom stereocenters. The Morgan fingerprint density at radius 1 is 1.10 bits per heavy atom. The zero-order valence-corrected chi connectivity index (χ0v) is 13.2. The van der Waals surface area contributed by atoms with Gasteiger partial charge in [0.15, 0.2) is 0 Å². The summed E-state index contributed by atoms with van der Waals surface area (Å²) in [6.45, 7) is 6.53. The number of benzene rings is 1. The van der Waals surface area contributed by atoms with E-state index >= 15 is 0 Å². The third-order valence-electron chi connectivity index (χ3n) is 4.94. The third-order valence-corrected chi connectivity index (χ3v) is 4.94. The van der Waals surface area contributed by atoms with Gasteiger partial charge in [0.25, 0.3) is 5.91 Å². The monoisotopic (exact) mass is 287 g/mol. The average Bonchev–Trinajstić information content (AvgIpc) is 2.69. The van der Waals surface area contributed by atoms with E-state index in [2.05, 4.69) is 32.9 Å². The highest BCUT2D eigenvalue weighted by atomic mass is 16.3. The molecular weight excluding hydrogens is 262 g/mol. The number of aliphatic hydroxyl groups is 1. The van der Waals surface area contributed by atoms with Gasteiger partial charge in [0, 0.05) is 17.6 Å². The predicted octanol–water partition coefficient (Wildman–Crippen LogP) is 3.11. The van der Waals surface area contributed by atoms with E-state index in [1.807, 2.05) is 17.0 Å². The second kappa shape index (κ2) is 5.13. The lowest BCUT2D eigenvalue weighted by Gasteiger charge is -2.37. The number of carbonyl (C=O) groups excluding carboxylic acids is 1. The molecule has 0 saturated carbocycles. The molecule has 2 bridgehead atoms. The number of fused-ring (bicyclic) bond motifs is 2. The standard InChI is InChI=1S/C18H25NO2/c1-18(2,3)13-6-4-12(5-7-13)17(21)19-14-8-9-15(19)11-16(20)10-14/h4-7,14-16,20H,8-11H2,1-3H3. The molecule has 0 spiro atoms. The molecule has 2 fully saturated rings. The number of rotatable bonds is 1. The number of piperidine rings is 1. The first-order valence-electron chi connectivity index (χ1n) is 7.97. The zero-order chi connectivity index (χ0) is 15.2. The first-order valence-corrected chi connectivity index (χ1v) is 7.97. The summed E-state index contributed by atoms with van der Waals surface area (Å²) in [6.07, 6.45) is 3.32. The van der Waals surface area contributed by atoms with Crippen LogP contribution in [0.5, 0.6) is 0 Å². The van der Waals surface area contributed by atoms with Gasteiger partial charge in [-0.15, -0.1) is 0 Å². The van der Waals surface area contributed by atoms with E-state index in [4.69, 9.17) is 0 Å². The fourth-order valence-corrected chi connectivity index (χ4v) is 3.74. The smallest absolute Gasteiger partial charge is 0.254 e. The van der Waals surface area contributed by atoms with Crippen molar-refractivity contribution in [3.05, 3.63) is 35.4 Å². The Hall–Kier alpha value is -1.35. The van der Waals surface area contributed by atoms with E-state index in [-0.39, 0.29) is 29.5 Å². The highest BCUT2D eigenvalue weighted by Crippen LogP contribution is 2.36. The van der Waals surface area contributed by atoms with Crippen molar-refractivity contribution in [1.29, 1.82) is 0 Å². The number of amides is 1. The van der Waals surface area contributed by atoms with Crippen LogP contribution in [0.15, 0.2) is 24.3 Å². The van der Waals surface area contributed by atoms with E-state index in [9.17, 15) is 9.90 Å². The van der Waals surface area contributed by atoms with Crippen molar-refractivity contribution in [3.8, 4) is 0 Å². The molecule has 21 heavy (non-hydrogen) atoms. The van der Waals surface area contributed by atoms with Gasteiger partial charge in [-0.1, -0.05) is 32.9 Å². The van der Waals surface area contributed by atoms with Crippen LogP contribution in [0.2, 0.25) is 0 Å². The maximum Gasteiger partial charge on any atom is 0.254 e. The van der Waals surface area contributed by atoms with Crippen molar-refractivity contribution in [2.75, 3.05) is 0 Å². The lowest BCUT2D eigenvalue weighted by Crippen LogP contribution is -2.48. The Labute approximate surface area is 127 Å². The fraction of sp³-hybridized carbons (Fsp3) is 0.611. The number of nitrogens with zero attached hydrogens (tertiary/aromatic N) is 1. The van der Waals surface area contributed by atoms with Gasteiger partial charge in [-0.05, 0) is 48.8 Å². The highest BCUT2D eigenvalue weighted by Gasteiger charge is 2.42. The minimum Gasteiger partial charge on any atom is -0.393 e. The van der Waals surface area contributed by atoms with Gasteiger partial charge < -0.3 is 10.0 Å². The van der Waals surface area contributed by atoms with E-state index < -0.39 is 0 Å². The summed E-state index contributed by atoms with van der Waals surface area (Å²) < 4.78 is 0. The molecular formula is C18H25NO2. The van der Waals surface area contributed by atoms with Crippen LogP contribution in [0.25, 0.3) is 0 Å². The fourth-order valence-electron chi connectivity index (χ4n) is 3.74. The summed E-state index contributed by atoms with van der Waals surface area (Å²) in [5, 5.41) is 9.85. The normalized spacial score (nSPS) is 28.8. The summed E-state index contributed by atoms with van der Waals surface area (Å²) in [5.74, 6) is 0.134. The van der Waals surface area contributed by atoms with Crippen molar-refractivity contribution in [2.45, 2.75) is 70.1 Å². The molecule has 1 N–H and O–H groups in total. The first kappa shape index (κ1) is 14.6. The molecule has 3 heteroatoms. The SMILES string of the molecule is CC(C)(C)c1ccc(C(=O)N2C3CCC2CC(O)C3)cc1. The molecule has 1 aromatic carbocycles. The maximum absolute atomic E-state index is 12.8. The number of hydrogen-bond acceptors (Lipinski definition) is 2. The van der Waals surface area contributed by atoms with E-state index in [1.54, 1.807) is 0 Å². The Morgan fingerprint density at radius 3 is 2.10 bits per heavy atom. The third kappa shape index (κ3) is 2.71. The van der Waals surface area contributed by atoms with Crippen LogP contribution < -0.4 is 0 Å². The second-order valence-electron chi connectivity index (χ2n) is 7.55. The minimum absolute atomic E-state index is 0.107. The molecule has 2 heterocycles. The van der Waals surface area contributed by atoms with Crippen LogP contribution in [-0.4, -0.2) is 34.1 Å². The molecule has 0 radical (unpaired) electrons. The molecule has 1 amide bonds. The lowest BCUT2D eigenvalue weighted by molar-refractivity contribution is 0.0287. The number of hydrogen-bond donors (Lipinski definition) is 1. The summed E-state index contributed by atoms with van der Waals surface area (Å²) in [7, 11) is 0. The van der Waals surface area contributed by atoms with Crippen molar-refractivity contribution < 1.29 is 9.90 Å². The Bertz CT molecular complexity index is 515. The molecule has 0 aliphatic carbocycles. The molecule has 3 rings (SSSR count). The van der Waals surface area contributed by atoms with Crippen LogP contribution in [0.3, 0.4) is 0 Å². The van der Waals surface area contributed by atoms with E-state index in [0.717, 1.165) is 31.2 Å². The van der Waals surface area contributed by atoms with Gasteiger partial charge >= 0.3 is 0 Å². The van der Waals surface area contributed by atoms with Crippen molar-refractivity contribution in [3.63, 3.8) is 0 Å². The maximum atomic E-state index is 12.8. The predicted molar refractivity (Wildman–Crippen MR) is 83.4 cm³/mol. The van der Waals surface area contributed by atoms with E-state index in [1.165, 1.54) is 5.56 Å². The van der Waals surface area contributed by atoms with Crippen molar-refractivity contribution >= 4 is 5.91 Å². The molecule has 3 nitrogen and oxygen atoms in total. The van der Waals surface area contributed by atoms with Crippen molar-refractivity contribution in [1.82, 2.24) is 4.90 Å². The lowest BCUT2D eigenvalue weighted by atomic mass is 9.86. The Kier molecular flexibility index (Phi) is 3.56. The van der Waals surface area contributed by atoms with Crippen LogP contribution in [0.4, 0.5) is 0 Å². The zero-order valence-electron chi connectivity index (χ0n) is 13.2. The molecule has 2 aliphatic heterocycles. The summed E-state index contributed by atoms with van der Waals surface area (Å²) in [6, 6.07) is 8.49. The van der Waals surface area contributed by atoms with Crippen LogP contribution in [0.1, 0.15) is 62.4 Å². The summed E-state index contributed by atoms with van der Waals surface area (Å²) >= 11 is 0. The molecule has 1 aromatic rings. The molecule has 2 saturated heterocycles. The quantitative estimate of drug-likeness (QED) is 0.862. The molecule has 114 valence electrons. The second-order valence-corrected chi connectivity index (χ2v) is 7.55. The Balaban J connectivity index is 1.80. The van der Waals surface area contributed by atoms with Crippen LogP contribution >= 0.6 is 0 Å². The Morgan fingerprint density at radius 2 is 1.62 bits per heavy atom. The van der Waals surface area contributed by atoms with Gasteiger partial charge in [-0.2, -0.15) is 0 Å². The van der Waals surface area contributed by atoms with Crippen molar-refractivity contribution in [2.24, 2.45) is 0 Å². The van der Waals surface area contributed by atoms with Gasteiger partial charge in [0.05, 0.1) is 6.10 Å². The van der Waals surface area contributed by atoms with Crippen LogP contribution in [-0.2, 0) is 5.41 Å². The highest BCUT2D eigenvalue weighted by molar-refractivity contribution is 5.95. The summed E-state index contributed by atoms with van der Waals surface area (Å²) in [5.41, 5.74) is 2.13. The van der Waals surface area contributed by atoms with Gasteiger partial charge in [0.1, 0.15) is 0 Å². The minimum atomic E-state index is -0.227. The van der Waals surface area contributed by atoms with Gasteiger partial charge in [-0.25, -0.2) is 0 Å². The van der Waals surface area contributed by atoms with Gasteiger partial charge in [-0.3, -0.25) is 4.79 Å². The largest absolute Gasteiger partial charge is 0.393 e.